The summed E-state index contributed by atoms with van der Waals surface area (Å²) in [4.78, 5) is 23.6. The first-order valence-electron chi connectivity index (χ1n) is 11.5. The maximum Gasteiger partial charge on any atom is 0.253 e. The van der Waals surface area contributed by atoms with Crippen molar-refractivity contribution in [2.24, 2.45) is 4.99 Å². The molecule has 0 bridgehead atoms. The lowest BCUT2D eigenvalue weighted by atomic mass is 10.1. The Balaban J connectivity index is 1.62. The number of guanidine groups is 1. The fourth-order valence-electron chi connectivity index (χ4n) is 3.93. The van der Waals surface area contributed by atoms with Gasteiger partial charge in [0.1, 0.15) is 5.75 Å². The summed E-state index contributed by atoms with van der Waals surface area (Å²) in [6, 6.07) is 15.2. The van der Waals surface area contributed by atoms with E-state index in [1.807, 2.05) is 61.2 Å². The number of nitrogens with one attached hydrogen (secondary N) is 1. The molecule has 32 heavy (non-hydrogen) atoms. The van der Waals surface area contributed by atoms with Crippen molar-refractivity contribution in [3.8, 4) is 5.75 Å². The van der Waals surface area contributed by atoms with Crippen LogP contribution in [0.4, 0.5) is 5.69 Å². The Labute approximate surface area is 191 Å². The molecule has 1 aliphatic heterocycles. The van der Waals surface area contributed by atoms with Crippen LogP contribution in [0.2, 0.25) is 0 Å². The second-order valence-corrected chi connectivity index (χ2v) is 7.81. The number of aromatic hydroxyl groups is 1. The molecule has 2 N–H and O–H groups in total. The van der Waals surface area contributed by atoms with Gasteiger partial charge in [-0.3, -0.25) is 4.79 Å². The molecular formula is C25H35N5O2. The van der Waals surface area contributed by atoms with Gasteiger partial charge < -0.3 is 25.1 Å². The number of phenolic OH excluding ortho intramolecular Hbond substituents is 1. The number of benzene rings is 2. The summed E-state index contributed by atoms with van der Waals surface area (Å²) in [6.45, 7) is 12.2. The van der Waals surface area contributed by atoms with Crippen molar-refractivity contribution in [2.75, 3.05) is 50.7 Å². The van der Waals surface area contributed by atoms with E-state index in [1.165, 1.54) is 0 Å². The number of hydrogen-bond donors (Lipinski definition) is 2. The Kier molecular flexibility index (Phi) is 8.36. The lowest BCUT2D eigenvalue weighted by Crippen LogP contribution is -2.52. The lowest BCUT2D eigenvalue weighted by Gasteiger charge is -2.37. The fraction of sp³-hybridized carbons (Fsp3) is 0.440. The number of anilines is 1. The third kappa shape index (κ3) is 5.72. The normalized spacial score (nSPS) is 14.4. The zero-order chi connectivity index (χ0) is 22.9. The first-order chi connectivity index (χ1) is 15.6. The van der Waals surface area contributed by atoms with E-state index in [0.29, 0.717) is 30.9 Å². The van der Waals surface area contributed by atoms with Gasteiger partial charge in [-0.05, 0) is 50.6 Å². The van der Waals surface area contributed by atoms with Crippen molar-refractivity contribution < 1.29 is 9.90 Å². The summed E-state index contributed by atoms with van der Waals surface area (Å²) >= 11 is 0. The quantitative estimate of drug-likeness (QED) is 0.514. The highest BCUT2D eigenvalue weighted by atomic mass is 16.3. The van der Waals surface area contributed by atoms with E-state index < -0.39 is 0 Å². The number of nitrogens with zero attached hydrogens (tertiary/aromatic N) is 4. The first kappa shape index (κ1) is 23.4. The number of amides is 1. The maximum absolute atomic E-state index is 12.5. The molecule has 1 aliphatic rings. The monoisotopic (exact) mass is 437 g/mol. The fourth-order valence-corrected chi connectivity index (χ4v) is 3.93. The minimum Gasteiger partial charge on any atom is -0.506 e. The molecule has 0 unspecified atom stereocenters. The second-order valence-electron chi connectivity index (χ2n) is 7.81. The molecule has 1 heterocycles. The van der Waals surface area contributed by atoms with E-state index in [4.69, 9.17) is 4.99 Å². The highest BCUT2D eigenvalue weighted by molar-refractivity contribution is 5.94. The third-order valence-corrected chi connectivity index (χ3v) is 5.80. The van der Waals surface area contributed by atoms with Crippen molar-refractivity contribution in [3.05, 3.63) is 59.7 Å². The molecule has 0 aliphatic carbocycles. The van der Waals surface area contributed by atoms with Gasteiger partial charge in [-0.25, -0.2) is 4.99 Å². The van der Waals surface area contributed by atoms with Crippen LogP contribution >= 0.6 is 0 Å². The molecule has 0 saturated carbocycles. The van der Waals surface area contributed by atoms with Crippen LogP contribution in [0.1, 0.15) is 36.7 Å². The van der Waals surface area contributed by atoms with Crippen LogP contribution in [0.5, 0.6) is 5.75 Å². The van der Waals surface area contributed by atoms with Crippen LogP contribution in [-0.4, -0.2) is 72.6 Å². The summed E-state index contributed by atoms with van der Waals surface area (Å²) in [5, 5.41) is 13.5. The zero-order valence-electron chi connectivity index (χ0n) is 19.4. The number of piperazine rings is 1. The molecule has 1 fully saturated rings. The molecule has 0 atom stereocenters. The minimum atomic E-state index is 0.0701. The van der Waals surface area contributed by atoms with Gasteiger partial charge >= 0.3 is 0 Å². The largest absolute Gasteiger partial charge is 0.506 e. The third-order valence-electron chi connectivity index (χ3n) is 5.80. The number of phenols is 1. The van der Waals surface area contributed by atoms with Crippen LogP contribution in [0.25, 0.3) is 0 Å². The Morgan fingerprint density at radius 2 is 1.66 bits per heavy atom. The molecule has 2 aromatic carbocycles. The highest BCUT2D eigenvalue weighted by Gasteiger charge is 2.21. The molecule has 1 amide bonds. The van der Waals surface area contributed by atoms with Gasteiger partial charge in [0, 0.05) is 51.4 Å². The van der Waals surface area contributed by atoms with E-state index in [-0.39, 0.29) is 5.91 Å². The number of rotatable bonds is 7. The average Bonchev–Trinajstić information content (AvgIpc) is 2.83. The summed E-state index contributed by atoms with van der Waals surface area (Å²) in [7, 11) is 0. The van der Waals surface area contributed by atoms with Crippen molar-refractivity contribution in [1.82, 2.24) is 15.1 Å². The molecule has 2 aromatic rings. The summed E-state index contributed by atoms with van der Waals surface area (Å²) in [5.41, 5.74) is 2.67. The SMILES string of the molecule is CCNC(=NCc1ccc(C(=O)N(CC)CC)cc1)N1CCN(c2ccccc2O)CC1. The first-order valence-corrected chi connectivity index (χ1v) is 11.5. The van der Waals surface area contributed by atoms with E-state index in [0.717, 1.165) is 49.9 Å². The van der Waals surface area contributed by atoms with E-state index in [9.17, 15) is 9.90 Å². The molecule has 3 rings (SSSR count). The van der Waals surface area contributed by atoms with Crippen molar-refractivity contribution >= 4 is 17.6 Å². The van der Waals surface area contributed by atoms with Gasteiger partial charge in [0.2, 0.25) is 0 Å². The number of carbonyl (C=O) groups excluding carboxylic acids is 1. The molecule has 0 aromatic heterocycles. The van der Waals surface area contributed by atoms with Crippen molar-refractivity contribution in [2.45, 2.75) is 27.3 Å². The van der Waals surface area contributed by atoms with E-state index >= 15 is 0 Å². The Hall–Kier alpha value is -3.22. The minimum absolute atomic E-state index is 0.0701. The molecule has 7 nitrogen and oxygen atoms in total. The number of hydrogen-bond acceptors (Lipinski definition) is 4. The molecule has 1 saturated heterocycles. The van der Waals surface area contributed by atoms with Crippen molar-refractivity contribution in [1.29, 1.82) is 0 Å². The molecule has 172 valence electrons. The highest BCUT2D eigenvalue weighted by Crippen LogP contribution is 2.27. The Morgan fingerprint density at radius 3 is 2.25 bits per heavy atom. The smallest absolute Gasteiger partial charge is 0.253 e. The van der Waals surface area contributed by atoms with Gasteiger partial charge in [0.25, 0.3) is 5.91 Å². The molecule has 0 spiro atoms. The van der Waals surface area contributed by atoms with Crippen molar-refractivity contribution in [3.63, 3.8) is 0 Å². The Bertz CT molecular complexity index is 901. The van der Waals surface area contributed by atoms with Crippen LogP contribution in [0, 0.1) is 0 Å². The van der Waals surface area contributed by atoms with Gasteiger partial charge in [-0.2, -0.15) is 0 Å². The number of carbonyl (C=O) groups is 1. The predicted molar refractivity (Wildman–Crippen MR) is 130 cm³/mol. The maximum atomic E-state index is 12.5. The van der Waals surface area contributed by atoms with Crippen LogP contribution < -0.4 is 10.2 Å². The van der Waals surface area contributed by atoms with Crippen LogP contribution in [-0.2, 0) is 6.54 Å². The molecular weight excluding hydrogens is 402 g/mol. The lowest BCUT2D eigenvalue weighted by molar-refractivity contribution is 0.0773. The van der Waals surface area contributed by atoms with Crippen LogP contribution in [0.15, 0.2) is 53.5 Å². The zero-order valence-corrected chi connectivity index (χ0v) is 19.4. The summed E-state index contributed by atoms with van der Waals surface area (Å²) in [6.07, 6.45) is 0. The average molecular weight is 438 g/mol. The van der Waals surface area contributed by atoms with Gasteiger partial charge in [0.05, 0.1) is 12.2 Å². The predicted octanol–water partition coefficient (Wildman–Crippen LogP) is 3.16. The number of para-hydroxylation sites is 2. The topological polar surface area (TPSA) is 71.4 Å². The van der Waals surface area contributed by atoms with Gasteiger partial charge in [-0.15, -0.1) is 0 Å². The number of aliphatic imine (C=N–C) groups is 1. The van der Waals surface area contributed by atoms with Gasteiger partial charge in [0.15, 0.2) is 5.96 Å². The molecule has 0 radical (unpaired) electrons. The summed E-state index contributed by atoms with van der Waals surface area (Å²) in [5.74, 6) is 1.29. The second kappa shape index (κ2) is 11.4. The van der Waals surface area contributed by atoms with E-state index in [1.54, 1.807) is 6.07 Å². The van der Waals surface area contributed by atoms with Gasteiger partial charge in [-0.1, -0.05) is 24.3 Å². The van der Waals surface area contributed by atoms with Crippen LogP contribution in [0.3, 0.4) is 0 Å². The standard InChI is InChI=1S/C25H35N5O2/c1-4-26-25(30-17-15-29(16-18-30)22-9-7-8-10-23(22)31)27-19-20-11-13-21(14-12-20)24(32)28(5-2)6-3/h7-14,31H,4-6,15-19H2,1-3H3,(H,26,27). The van der Waals surface area contributed by atoms with E-state index in [2.05, 4.69) is 22.0 Å². The Morgan fingerprint density at radius 1 is 1.00 bits per heavy atom. The molecule has 7 heteroatoms. The summed E-state index contributed by atoms with van der Waals surface area (Å²) < 4.78 is 0.